The van der Waals surface area contributed by atoms with Crippen LogP contribution in [0.3, 0.4) is 0 Å². The molecule has 0 aromatic carbocycles. The first-order valence-electron chi connectivity index (χ1n) is 7.94. The molecule has 1 rings (SSSR count). The first-order valence-corrected chi connectivity index (χ1v) is 7.94. The van der Waals surface area contributed by atoms with E-state index in [1.165, 1.54) is 12.8 Å². The molecule has 1 fully saturated rings. The van der Waals surface area contributed by atoms with Crippen LogP contribution in [0.2, 0.25) is 0 Å². The first-order chi connectivity index (χ1) is 9.58. The van der Waals surface area contributed by atoms with Crippen LogP contribution in [0.4, 0.5) is 0 Å². The second-order valence-corrected chi connectivity index (χ2v) is 6.09. The molecule has 0 amide bonds. The van der Waals surface area contributed by atoms with Gasteiger partial charge in [-0.1, -0.05) is 26.7 Å². The maximum atomic E-state index is 5.92. The van der Waals surface area contributed by atoms with Crippen LogP contribution in [-0.4, -0.2) is 56.3 Å². The van der Waals surface area contributed by atoms with Crippen molar-refractivity contribution in [2.45, 2.75) is 46.1 Å². The predicted molar refractivity (Wildman–Crippen MR) is 85.0 cm³/mol. The summed E-state index contributed by atoms with van der Waals surface area (Å²) in [5.41, 5.74) is 5.92. The minimum Gasteiger partial charge on any atom is -0.379 e. The number of nitrogens with one attached hydrogen (secondary N) is 1. The minimum absolute atomic E-state index is 0.404. The summed E-state index contributed by atoms with van der Waals surface area (Å²) in [6.45, 7) is 12.1. The van der Waals surface area contributed by atoms with Crippen molar-refractivity contribution in [3.8, 4) is 0 Å². The van der Waals surface area contributed by atoms with Crippen molar-refractivity contribution in [2.75, 3.05) is 39.4 Å². The Morgan fingerprint density at radius 2 is 1.95 bits per heavy atom. The monoisotopic (exact) mass is 284 g/mol. The molecular formula is C15H32N4O. The van der Waals surface area contributed by atoms with Gasteiger partial charge in [-0.15, -0.1) is 0 Å². The van der Waals surface area contributed by atoms with Gasteiger partial charge in [-0.05, 0) is 19.3 Å². The molecule has 5 heteroatoms. The average molecular weight is 284 g/mol. The summed E-state index contributed by atoms with van der Waals surface area (Å²) in [7, 11) is 0. The van der Waals surface area contributed by atoms with Crippen LogP contribution in [-0.2, 0) is 4.74 Å². The van der Waals surface area contributed by atoms with Crippen molar-refractivity contribution in [2.24, 2.45) is 16.6 Å². The zero-order valence-corrected chi connectivity index (χ0v) is 13.4. The smallest absolute Gasteiger partial charge is 0.188 e. The molecule has 1 aliphatic heterocycles. The number of rotatable bonds is 8. The standard InChI is InChI=1S/C15H32N4O/c1-13(2)5-4-6-14(3)18-15(16)17-7-8-19-9-11-20-12-10-19/h13-14H,4-12H2,1-3H3,(H3,16,17,18). The van der Waals surface area contributed by atoms with Gasteiger partial charge in [0, 0.05) is 25.7 Å². The summed E-state index contributed by atoms with van der Waals surface area (Å²) < 4.78 is 5.32. The molecule has 3 N–H and O–H groups in total. The van der Waals surface area contributed by atoms with Crippen LogP contribution in [0, 0.1) is 5.92 Å². The van der Waals surface area contributed by atoms with Gasteiger partial charge >= 0.3 is 0 Å². The quantitative estimate of drug-likeness (QED) is 0.523. The summed E-state index contributed by atoms with van der Waals surface area (Å²) in [6, 6.07) is 0.404. The van der Waals surface area contributed by atoms with Crippen molar-refractivity contribution in [3.05, 3.63) is 0 Å². The maximum absolute atomic E-state index is 5.92. The Labute approximate surface area is 124 Å². The van der Waals surface area contributed by atoms with Crippen LogP contribution in [0.25, 0.3) is 0 Å². The van der Waals surface area contributed by atoms with E-state index in [4.69, 9.17) is 10.5 Å². The van der Waals surface area contributed by atoms with Crippen LogP contribution in [0.15, 0.2) is 4.99 Å². The van der Waals surface area contributed by atoms with Gasteiger partial charge < -0.3 is 15.8 Å². The Morgan fingerprint density at radius 3 is 2.60 bits per heavy atom. The second kappa shape index (κ2) is 10.00. The van der Waals surface area contributed by atoms with Gasteiger partial charge in [-0.2, -0.15) is 0 Å². The molecule has 1 aliphatic rings. The molecular weight excluding hydrogens is 252 g/mol. The zero-order valence-electron chi connectivity index (χ0n) is 13.4. The lowest BCUT2D eigenvalue weighted by molar-refractivity contribution is 0.0394. The first kappa shape index (κ1) is 17.2. The topological polar surface area (TPSA) is 62.9 Å². The van der Waals surface area contributed by atoms with E-state index < -0.39 is 0 Å². The van der Waals surface area contributed by atoms with Crippen LogP contribution in [0.1, 0.15) is 40.0 Å². The molecule has 1 atom stereocenters. The van der Waals surface area contributed by atoms with E-state index in [9.17, 15) is 0 Å². The molecule has 20 heavy (non-hydrogen) atoms. The number of guanidine groups is 1. The van der Waals surface area contributed by atoms with Gasteiger partial charge in [0.25, 0.3) is 0 Å². The normalized spacial score (nSPS) is 19.3. The van der Waals surface area contributed by atoms with E-state index in [2.05, 4.69) is 36.0 Å². The van der Waals surface area contributed by atoms with Gasteiger partial charge in [0.2, 0.25) is 0 Å². The van der Waals surface area contributed by atoms with E-state index in [0.717, 1.165) is 51.7 Å². The van der Waals surface area contributed by atoms with Gasteiger partial charge in [0.05, 0.1) is 19.8 Å². The van der Waals surface area contributed by atoms with Crippen LogP contribution >= 0.6 is 0 Å². The lowest BCUT2D eigenvalue weighted by atomic mass is 10.0. The lowest BCUT2D eigenvalue weighted by Crippen LogP contribution is -2.40. The van der Waals surface area contributed by atoms with Gasteiger partial charge in [0.15, 0.2) is 5.96 Å². The fourth-order valence-electron chi connectivity index (χ4n) is 2.34. The fraction of sp³-hybridized carbons (Fsp3) is 0.933. The van der Waals surface area contributed by atoms with E-state index in [1.54, 1.807) is 0 Å². The highest BCUT2D eigenvalue weighted by molar-refractivity contribution is 5.78. The molecule has 0 saturated carbocycles. The highest BCUT2D eigenvalue weighted by atomic mass is 16.5. The molecule has 5 nitrogen and oxygen atoms in total. The van der Waals surface area contributed by atoms with Crippen LogP contribution in [0.5, 0.6) is 0 Å². The lowest BCUT2D eigenvalue weighted by Gasteiger charge is -2.25. The summed E-state index contributed by atoms with van der Waals surface area (Å²) in [5, 5.41) is 3.28. The van der Waals surface area contributed by atoms with E-state index >= 15 is 0 Å². The van der Waals surface area contributed by atoms with Crippen molar-refractivity contribution < 1.29 is 4.74 Å². The number of aliphatic imine (C=N–C) groups is 1. The number of morpholine rings is 1. The molecule has 118 valence electrons. The summed E-state index contributed by atoms with van der Waals surface area (Å²) in [6.07, 6.45) is 3.67. The van der Waals surface area contributed by atoms with Crippen molar-refractivity contribution >= 4 is 5.96 Å². The third-order valence-corrected chi connectivity index (χ3v) is 3.61. The van der Waals surface area contributed by atoms with Gasteiger partial charge in [0.1, 0.15) is 0 Å². The summed E-state index contributed by atoms with van der Waals surface area (Å²) in [5.74, 6) is 1.36. The van der Waals surface area contributed by atoms with Crippen molar-refractivity contribution in [1.29, 1.82) is 0 Å². The zero-order chi connectivity index (χ0) is 14.8. The predicted octanol–water partition coefficient (Wildman–Crippen LogP) is 1.44. The number of nitrogens with two attached hydrogens (primary N) is 1. The Bertz CT molecular complexity index is 275. The van der Waals surface area contributed by atoms with E-state index in [0.29, 0.717) is 12.0 Å². The molecule has 1 saturated heterocycles. The fourth-order valence-corrected chi connectivity index (χ4v) is 2.34. The third-order valence-electron chi connectivity index (χ3n) is 3.61. The SMILES string of the molecule is CC(C)CCCC(C)NC(N)=NCCN1CCOCC1. The second-order valence-electron chi connectivity index (χ2n) is 6.09. The highest BCUT2D eigenvalue weighted by Gasteiger charge is 2.09. The Kier molecular flexibility index (Phi) is 8.62. The Balaban J connectivity index is 2.10. The number of hydrogen-bond donors (Lipinski definition) is 2. The number of nitrogens with zero attached hydrogens (tertiary/aromatic N) is 2. The Hall–Kier alpha value is -0.810. The van der Waals surface area contributed by atoms with Gasteiger partial charge in [-0.3, -0.25) is 9.89 Å². The van der Waals surface area contributed by atoms with E-state index in [1.807, 2.05) is 0 Å². The molecule has 0 aliphatic carbocycles. The number of ether oxygens (including phenoxy) is 1. The van der Waals surface area contributed by atoms with E-state index in [-0.39, 0.29) is 0 Å². The molecule has 0 spiro atoms. The average Bonchev–Trinajstić information content (AvgIpc) is 2.39. The molecule has 0 radical (unpaired) electrons. The number of hydrogen-bond acceptors (Lipinski definition) is 3. The van der Waals surface area contributed by atoms with Gasteiger partial charge in [-0.25, -0.2) is 0 Å². The largest absolute Gasteiger partial charge is 0.379 e. The molecule has 0 aromatic rings. The summed E-state index contributed by atoms with van der Waals surface area (Å²) >= 11 is 0. The Morgan fingerprint density at radius 1 is 1.25 bits per heavy atom. The minimum atomic E-state index is 0.404. The summed E-state index contributed by atoms with van der Waals surface area (Å²) in [4.78, 5) is 6.77. The molecule has 1 unspecified atom stereocenters. The highest BCUT2D eigenvalue weighted by Crippen LogP contribution is 2.07. The molecule has 0 aromatic heterocycles. The van der Waals surface area contributed by atoms with Crippen LogP contribution < -0.4 is 11.1 Å². The molecule has 0 bridgehead atoms. The van der Waals surface area contributed by atoms with Crippen molar-refractivity contribution in [1.82, 2.24) is 10.2 Å². The maximum Gasteiger partial charge on any atom is 0.188 e. The third kappa shape index (κ3) is 8.38. The molecule has 1 heterocycles. The van der Waals surface area contributed by atoms with Crippen molar-refractivity contribution in [3.63, 3.8) is 0 Å².